The number of amides is 1. The fourth-order valence-electron chi connectivity index (χ4n) is 1.60. The van der Waals surface area contributed by atoms with Gasteiger partial charge in [0.05, 0.1) is 5.69 Å². The van der Waals surface area contributed by atoms with E-state index in [9.17, 15) is 4.79 Å². The van der Waals surface area contributed by atoms with Crippen LogP contribution in [0.25, 0.3) is 11.3 Å². The molecule has 5 heteroatoms. The predicted molar refractivity (Wildman–Crippen MR) is 80.9 cm³/mol. The Morgan fingerprint density at radius 3 is 2.79 bits per heavy atom. The minimum absolute atomic E-state index is 0.0366. The van der Waals surface area contributed by atoms with Crippen LogP contribution in [0.3, 0.4) is 0 Å². The first-order valence-electron chi connectivity index (χ1n) is 6.07. The van der Waals surface area contributed by atoms with Gasteiger partial charge in [-0.25, -0.2) is 4.98 Å². The van der Waals surface area contributed by atoms with Gasteiger partial charge < -0.3 is 5.32 Å². The highest BCUT2D eigenvalue weighted by Crippen LogP contribution is 2.25. The van der Waals surface area contributed by atoms with E-state index in [-0.39, 0.29) is 5.91 Å². The largest absolute Gasteiger partial charge is 0.302 e. The molecule has 0 aliphatic rings. The minimum Gasteiger partial charge on any atom is -0.302 e. The SMILES string of the molecule is Cc1ccc(-c2csc(NC(=O)CCCCl)n2)cc1. The van der Waals surface area contributed by atoms with Gasteiger partial charge in [-0.1, -0.05) is 29.8 Å². The highest BCUT2D eigenvalue weighted by atomic mass is 35.5. The van der Waals surface area contributed by atoms with Gasteiger partial charge in [0, 0.05) is 23.2 Å². The van der Waals surface area contributed by atoms with Crippen LogP contribution in [0.15, 0.2) is 29.6 Å². The van der Waals surface area contributed by atoms with Gasteiger partial charge in [0.15, 0.2) is 5.13 Å². The number of anilines is 1. The van der Waals surface area contributed by atoms with Crippen molar-refractivity contribution in [3.05, 3.63) is 35.2 Å². The van der Waals surface area contributed by atoms with Crippen molar-refractivity contribution in [1.82, 2.24) is 4.98 Å². The van der Waals surface area contributed by atoms with Gasteiger partial charge in [0.1, 0.15) is 0 Å². The van der Waals surface area contributed by atoms with Gasteiger partial charge in [0.2, 0.25) is 5.91 Å². The molecule has 2 aromatic rings. The van der Waals surface area contributed by atoms with Gasteiger partial charge in [0.25, 0.3) is 0 Å². The maximum atomic E-state index is 11.6. The van der Waals surface area contributed by atoms with Crippen molar-refractivity contribution in [2.45, 2.75) is 19.8 Å². The second-order valence-electron chi connectivity index (χ2n) is 4.24. The van der Waals surface area contributed by atoms with E-state index in [0.717, 1.165) is 11.3 Å². The highest BCUT2D eigenvalue weighted by Gasteiger charge is 2.07. The Morgan fingerprint density at radius 1 is 1.37 bits per heavy atom. The van der Waals surface area contributed by atoms with E-state index in [0.29, 0.717) is 23.9 Å². The highest BCUT2D eigenvalue weighted by molar-refractivity contribution is 7.14. The summed E-state index contributed by atoms with van der Waals surface area (Å²) in [4.78, 5) is 16.0. The first kappa shape index (κ1) is 14.0. The molecule has 1 aromatic heterocycles. The third-order valence-corrected chi connectivity index (χ3v) is 3.66. The summed E-state index contributed by atoms with van der Waals surface area (Å²) >= 11 is 6.99. The Hall–Kier alpha value is -1.39. The molecule has 0 unspecified atom stereocenters. The first-order valence-corrected chi connectivity index (χ1v) is 7.49. The minimum atomic E-state index is -0.0366. The molecule has 0 spiro atoms. The summed E-state index contributed by atoms with van der Waals surface area (Å²) in [7, 11) is 0. The average Bonchev–Trinajstić information content (AvgIpc) is 2.85. The first-order chi connectivity index (χ1) is 9.19. The summed E-state index contributed by atoms with van der Waals surface area (Å²) in [5, 5.41) is 5.37. The van der Waals surface area contributed by atoms with Gasteiger partial charge in [-0.15, -0.1) is 22.9 Å². The number of carbonyl (C=O) groups excluding carboxylic acids is 1. The Balaban J connectivity index is 2.02. The number of aryl methyl sites for hydroxylation is 1. The molecule has 1 amide bonds. The summed E-state index contributed by atoms with van der Waals surface area (Å²) in [5.74, 6) is 0.463. The van der Waals surface area contributed by atoms with Crippen LogP contribution in [-0.2, 0) is 4.79 Å². The number of carbonyl (C=O) groups is 1. The standard InChI is InChI=1S/C14H15ClN2OS/c1-10-4-6-11(7-5-10)12-9-19-14(16-12)17-13(18)3-2-8-15/h4-7,9H,2-3,8H2,1H3,(H,16,17,18). The molecule has 0 bridgehead atoms. The summed E-state index contributed by atoms with van der Waals surface area (Å²) in [6.07, 6.45) is 1.12. The number of aromatic nitrogens is 1. The number of nitrogens with zero attached hydrogens (tertiary/aromatic N) is 1. The van der Waals surface area contributed by atoms with Crippen molar-refractivity contribution >= 4 is 34.0 Å². The molecule has 19 heavy (non-hydrogen) atoms. The van der Waals surface area contributed by atoms with Gasteiger partial charge in [-0.05, 0) is 13.3 Å². The molecule has 0 saturated heterocycles. The molecule has 0 fully saturated rings. The monoisotopic (exact) mass is 294 g/mol. The number of rotatable bonds is 5. The van der Waals surface area contributed by atoms with Crippen LogP contribution in [-0.4, -0.2) is 16.8 Å². The maximum absolute atomic E-state index is 11.6. The summed E-state index contributed by atoms with van der Waals surface area (Å²) in [6, 6.07) is 8.16. The van der Waals surface area contributed by atoms with Crippen molar-refractivity contribution < 1.29 is 4.79 Å². The molecule has 0 atom stereocenters. The van der Waals surface area contributed by atoms with Gasteiger partial charge >= 0.3 is 0 Å². The van der Waals surface area contributed by atoms with Crippen molar-refractivity contribution in [2.75, 3.05) is 11.2 Å². The molecule has 0 radical (unpaired) electrons. The van der Waals surface area contributed by atoms with Crippen LogP contribution >= 0.6 is 22.9 Å². The molecule has 100 valence electrons. The summed E-state index contributed by atoms with van der Waals surface area (Å²) < 4.78 is 0. The molecule has 1 aromatic carbocycles. The average molecular weight is 295 g/mol. The number of halogens is 1. The second kappa shape index (κ2) is 6.68. The van der Waals surface area contributed by atoms with E-state index in [1.54, 1.807) is 0 Å². The number of hydrogen-bond acceptors (Lipinski definition) is 3. The Labute approximate surface area is 121 Å². The molecule has 0 aliphatic heterocycles. The second-order valence-corrected chi connectivity index (χ2v) is 5.48. The number of alkyl halides is 1. The maximum Gasteiger partial charge on any atom is 0.226 e. The Kier molecular flexibility index (Phi) is 4.93. The molecule has 0 aliphatic carbocycles. The van der Waals surface area contributed by atoms with E-state index in [2.05, 4.69) is 10.3 Å². The lowest BCUT2D eigenvalue weighted by atomic mass is 10.1. The molecule has 1 N–H and O–H groups in total. The van der Waals surface area contributed by atoms with E-state index < -0.39 is 0 Å². The van der Waals surface area contributed by atoms with Crippen molar-refractivity contribution in [2.24, 2.45) is 0 Å². The van der Waals surface area contributed by atoms with Crippen LogP contribution in [0.5, 0.6) is 0 Å². The van der Waals surface area contributed by atoms with E-state index >= 15 is 0 Å². The van der Waals surface area contributed by atoms with E-state index in [1.165, 1.54) is 16.9 Å². The smallest absolute Gasteiger partial charge is 0.226 e. The van der Waals surface area contributed by atoms with E-state index in [1.807, 2.05) is 36.6 Å². The molecular formula is C14H15ClN2OS. The number of thiazole rings is 1. The number of benzene rings is 1. The lowest BCUT2D eigenvalue weighted by molar-refractivity contribution is -0.116. The van der Waals surface area contributed by atoms with Crippen LogP contribution < -0.4 is 5.32 Å². The third-order valence-electron chi connectivity index (χ3n) is 2.64. The fourth-order valence-corrected chi connectivity index (χ4v) is 2.47. The molecule has 0 saturated carbocycles. The molecule has 1 heterocycles. The normalized spacial score (nSPS) is 10.4. The lowest BCUT2D eigenvalue weighted by Crippen LogP contribution is -2.10. The number of nitrogens with one attached hydrogen (secondary N) is 1. The molecule has 2 rings (SSSR count). The Morgan fingerprint density at radius 2 is 2.11 bits per heavy atom. The zero-order valence-electron chi connectivity index (χ0n) is 10.6. The van der Waals surface area contributed by atoms with Crippen LogP contribution in [0.4, 0.5) is 5.13 Å². The quantitative estimate of drug-likeness (QED) is 0.844. The molecule has 3 nitrogen and oxygen atoms in total. The third kappa shape index (κ3) is 4.04. The van der Waals surface area contributed by atoms with Crippen molar-refractivity contribution in [3.8, 4) is 11.3 Å². The lowest BCUT2D eigenvalue weighted by Gasteiger charge is -2.00. The van der Waals surface area contributed by atoms with Gasteiger partial charge in [-0.2, -0.15) is 0 Å². The topological polar surface area (TPSA) is 42.0 Å². The predicted octanol–water partition coefficient (Wildman–Crippen LogP) is 4.08. The van der Waals surface area contributed by atoms with E-state index in [4.69, 9.17) is 11.6 Å². The van der Waals surface area contributed by atoms with Crippen molar-refractivity contribution in [3.63, 3.8) is 0 Å². The zero-order chi connectivity index (χ0) is 13.7. The zero-order valence-corrected chi connectivity index (χ0v) is 12.2. The van der Waals surface area contributed by atoms with Crippen molar-refractivity contribution in [1.29, 1.82) is 0 Å². The number of hydrogen-bond donors (Lipinski definition) is 1. The summed E-state index contributed by atoms with van der Waals surface area (Å²) in [5.41, 5.74) is 3.16. The van der Waals surface area contributed by atoms with Crippen LogP contribution in [0.1, 0.15) is 18.4 Å². The molecular weight excluding hydrogens is 280 g/mol. The van der Waals surface area contributed by atoms with Crippen LogP contribution in [0, 0.1) is 6.92 Å². The Bertz CT molecular complexity index is 551. The van der Waals surface area contributed by atoms with Gasteiger partial charge in [-0.3, -0.25) is 4.79 Å². The summed E-state index contributed by atoms with van der Waals surface area (Å²) in [6.45, 7) is 2.05. The van der Waals surface area contributed by atoms with Crippen LogP contribution in [0.2, 0.25) is 0 Å². The fraction of sp³-hybridized carbons (Fsp3) is 0.286.